The van der Waals surface area contributed by atoms with E-state index in [1.165, 1.54) is 16.2 Å². The van der Waals surface area contributed by atoms with Gasteiger partial charge in [0.25, 0.3) is 11.8 Å². The van der Waals surface area contributed by atoms with E-state index in [1.54, 1.807) is 0 Å². The van der Waals surface area contributed by atoms with Crippen molar-refractivity contribution in [2.24, 2.45) is 0 Å². The molecule has 31 heavy (non-hydrogen) atoms. The Morgan fingerprint density at radius 1 is 1.00 bits per heavy atom. The van der Waals surface area contributed by atoms with Crippen molar-refractivity contribution in [3.8, 4) is 5.75 Å². The minimum absolute atomic E-state index is 0.100. The summed E-state index contributed by atoms with van der Waals surface area (Å²) >= 11 is 1.52. The summed E-state index contributed by atoms with van der Waals surface area (Å²) in [6.45, 7) is 2.35. The van der Waals surface area contributed by atoms with Gasteiger partial charge in [0.2, 0.25) is 0 Å². The first-order valence-electron chi connectivity index (χ1n) is 10.6. The van der Waals surface area contributed by atoms with Gasteiger partial charge in [-0.15, -0.1) is 11.3 Å². The first kappa shape index (κ1) is 21.1. The van der Waals surface area contributed by atoms with Gasteiger partial charge in [-0.05, 0) is 55.9 Å². The zero-order valence-electron chi connectivity index (χ0n) is 17.6. The number of carbonyl (C=O) groups is 2. The second-order valence-corrected chi connectivity index (χ2v) is 8.84. The minimum atomic E-state index is -0.267. The average Bonchev–Trinajstić information content (AvgIpc) is 3.15. The standard InChI is InChI=1S/C25H26N2O3S/c1-17-11-13-19(14-12-17)30-16-22(28)27-25-23(20-9-5-6-10-21(20)31-25)24(29)26-15-18-7-3-2-4-8-18/h2-4,7-8,11-14H,5-6,9-10,15-16H2,1H3,(H,26,29)(H,27,28). The fourth-order valence-corrected chi connectivity index (χ4v) is 5.01. The molecule has 0 bridgehead atoms. The van der Waals surface area contributed by atoms with Gasteiger partial charge in [0.1, 0.15) is 10.8 Å². The van der Waals surface area contributed by atoms with E-state index in [9.17, 15) is 9.59 Å². The molecule has 0 unspecified atom stereocenters. The first-order chi connectivity index (χ1) is 15.1. The molecule has 160 valence electrons. The van der Waals surface area contributed by atoms with Crippen molar-refractivity contribution < 1.29 is 14.3 Å². The van der Waals surface area contributed by atoms with Crippen molar-refractivity contribution in [2.45, 2.75) is 39.2 Å². The first-order valence-corrected chi connectivity index (χ1v) is 11.4. The summed E-state index contributed by atoms with van der Waals surface area (Å²) < 4.78 is 5.59. The quantitative estimate of drug-likeness (QED) is 0.557. The second-order valence-electron chi connectivity index (χ2n) is 7.73. The molecule has 0 saturated carbocycles. The van der Waals surface area contributed by atoms with Crippen LogP contribution in [0.4, 0.5) is 5.00 Å². The third-order valence-electron chi connectivity index (χ3n) is 5.34. The van der Waals surface area contributed by atoms with Crippen molar-refractivity contribution in [2.75, 3.05) is 11.9 Å². The molecule has 2 aromatic carbocycles. The van der Waals surface area contributed by atoms with Crippen LogP contribution in [0.5, 0.6) is 5.75 Å². The average molecular weight is 435 g/mol. The lowest BCUT2D eigenvalue weighted by atomic mass is 9.95. The lowest BCUT2D eigenvalue weighted by molar-refractivity contribution is -0.118. The third-order valence-corrected chi connectivity index (χ3v) is 6.55. The summed E-state index contributed by atoms with van der Waals surface area (Å²) in [6.07, 6.45) is 4.00. The van der Waals surface area contributed by atoms with E-state index in [-0.39, 0.29) is 18.4 Å². The normalized spacial score (nSPS) is 12.7. The SMILES string of the molecule is Cc1ccc(OCC(=O)Nc2sc3c(c2C(=O)NCc2ccccc2)CCCC3)cc1. The highest BCUT2D eigenvalue weighted by Crippen LogP contribution is 2.38. The second kappa shape index (κ2) is 9.79. The van der Waals surface area contributed by atoms with Crippen LogP contribution in [-0.2, 0) is 24.2 Å². The van der Waals surface area contributed by atoms with Gasteiger partial charge in [-0.2, -0.15) is 0 Å². The summed E-state index contributed by atoms with van der Waals surface area (Å²) in [6, 6.07) is 17.4. The van der Waals surface area contributed by atoms with Crippen LogP contribution in [-0.4, -0.2) is 18.4 Å². The molecule has 5 nitrogen and oxygen atoms in total. The summed E-state index contributed by atoms with van der Waals surface area (Å²) in [5.41, 5.74) is 3.86. The molecule has 2 N–H and O–H groups in total. The molecule has 3 aromatic rings. The van der Waals surface area contributed by atoms with Crippen LogP contribution >= 0.6 is 11.3 Å². The van der Waals surface area contributed by atoms with Crippen LogP contribution in [0.3, 0.4) is 0 Å². The van der Waals surface area contributed by atoms with E-state index in [0.717, 1.165) is 42.4 Å². The van der Waals surface area contributed by atoms with Gasteiger partial charge < -0.3 is 15.4 Å². The molecule has 6 heteroatoms. The highest BCUT2D eigenvalue weighted by molar-refractivity contribution is 7.17. The number of anilines is 1. The maximum absolute atomic E-state index is 13.1. The van der Waals surface area contributed by atoms with E-state index in [2.05, 4.69) is 10.6 Å². The van der Waals surface area contributed by atoms with Crippen LogP contribution < -0.4 is 15.4 Å². The van der Waals surface area contributed by atoms with Gasteiger partial charge in [-0.25, -0.2) is 0 Å². The Kier molecular flexibility index (Phi) is 6.67. The van der Waals surface area contributed by atoms with E-state index < -0.39 is 0 Å². The highest BCUT2D eigenvalue weighted by Gasteiger charge is 2.26. The van der Waals surface area contributed by atoms with E-state index in [0.29, 0.717) is 22.9 Å². The number of fused-ring (bicyclic) bond motifs is 1. The smallest absolute Gasteiger partial charge is 0.262 e. The summed E-state index contributed by atoms with van der Waals surface area (Å²) in [7, 11) is 0. The highest BCUT2D eigenvalue weighted by atomic mass is 32.1. The maximum atomic E-state index is 13.1. The number of aryl methyl sites for hydroxylation is 2. The van der Waals surface area contributed by atoms with Crippen LogP contribution in [0.2, 0.25) is 0 Å². The van der Waals surface area contributed by atoms with Gasteiger partial charge in [-0.1, -0.05) is 48.0 Å². The molecule has 0 fully saturated rings. The molecule has 0 aliphatic heterocycles. The number of hydrogen-bond acceptors (Lipinski definition) is 4. The molecule has 0 spiro atoms. The van der Waals surface area contributed by atoms with Crippen LogP contribution in [0.25, 0.3) is 0 Å². The van der Waals surface area contributed by atoms with Crippen molar-refractivity contribution in [1.82, 2.24) is 5.32 Å². The molecule has 4 rings (SSSR count). The van der Waals surface area contributed by atoms with Crippen molar-refractivity contribution in [1.29, 1.82) is 0 Å². The van der Waals surface area contributed by atoms with Crippen LogP contribution in [0, 0.1) is 6.92 Å². The molecule has 0 radical (unpaired) electrons. The summed E-state index contributed by atoms with van der Waals surface area (Å²) in [4.78, 5) is 26.8. The number of amides is 2. The number of nitrogens with one attached hydrogen (secondary N) is 2. The van der Waals surface area contributed by atoms with Crippen molar-refractivity contribution in [3.63, 3.8) is 0 Å². The van der Waals surface area contributed by atoms with E-state index in [1.807, 2.05) is 61.5 Å². The Morgan fingerprint density at radius 2 is 1.74 bits per heavy atom. The molecule has 1 aliphatic rings. The molecule has 1 aromatic heterocycles. The largest absolute Gasteiger partial charge is 0.484 e. The van der Waals surface area contributed by atoms with Crippen LogP contribution in [0.15, 0.2) is 54.6 Å². The van der Waals surface area contributed by atoms with Gasteiger partial charge in [0.05, 0.1) is 5.56 Å². The Morgan fingerprint density at radius 3 is 2.52 bits per heavy atom. The number of carbonyl (C=O) groups excluding carboxylic acids is 2. The number of benzene rings is 2. The Hall–Kier alpha value is -3.12. The number of rotatable bonds is 7. The van der Waals surface area contributed by atoms with Gasteiger partial charge >= 0.3 is 0 Å². The van der Waals surface area contributed by atoms with E-state index >= 15 is 0 Å². The lowest BCUT2D eigenvalue weighted by Gasteiger charge is -2.13. The molecule has 0 saturated heterocycles. The Bertz CT molecular complexity index is 1060. The topological polar surface area (TPSA) is 67.4 Å². The Labute approximate surface area is 186 Å². The van der Waals surface area contributed by atoms with Gasteiger partial charge in [0, 0.05) is 11.4 Å². The summed E-state index contributed by atoms with van der Waals surface area (Å²) in [5.74, 6) is 0.237. The third kappa shape index (κ3) is 5.33. The molecule has 2 amide bonds. The predicted molar refractivity (Wildman–Crippen MR) is 124 cm³/mol. The molecular formula is C25H26N2O3S. The predicted octanol–water partition coefficient (Wildman–Crippen LogP) is 4.88. The fraction of sp³-hybridized carbons (Fsp3) is 0.280. The lowest BCUT2D eigenvalue weighted by Crippen LogP contribution is -2.26. The molecule has 0 atom stereocenters. The minimum Gasteiger partial charge on any atom is -0.484 e. The number of hydrogen-bond donors (Lipinski definition) is 2. The summed E-state index contributed by atoms with van der Waals surface area (Å²) in [5, 5.41) is 6.56. The Balaban J connectivity index is 1.46. The molecule has 1 aliphatic carbocycles. The molecule has 1 heterocycles. The van der Waals surface area contributed by atoms with Gasteiger partial charge in [-0.3, -0.25) is 9.59 Å². The van der Waals surface area contributed by atoms with Crippen molar-refractivity contribution in [3.05, 3.63) is 81.7 Å². The maximum Gasteiger partial charge on any atom is 0.262 e. The monoisotopic (exact) mass is 434 g/mol. The van der Waals surface area contributed by atoms with Crippen LogP contribution in [0.1, 0.15) is 44.8 Å². The number of ether oxygens (including phenoxy) is 1. The van der Waals surface area contributed by atoms with Gasteiger partial charge in [0.15, 0.2) is 6.61 Å². The fourth-order valence-electron chi connectivity index (χ4n) is 3.71. The zero-order chi connectivity index (χ0) is 21.6. The van der Waals surface area contributed by atoms with Crippen molar-refractivity contribution >= 4 is 28.2 Å². The number of thiophene rings is 1. The van der Waals surface area contributed by atoms with E-state index in [4.69, 9.17) is 4.74 Å². The molecular weight excluding hydrogens is 408 g/mol. The zero-order valence-corrected chi connectivity index (χ0v) is 18.4.